The Morgan fingerprint density at radius 2 is 1.85 bits per heavy atom. The van der Waals surface area contributed by atoms with Crippen LogP contribution in [-0.2, 0) is 4.79 Å². The van der Waals surface area contributed by atoms with Gasteiger partial charge in [-0.2, -0.15) is 0 Å². The van der Waals surface area contributed by atoms with Gasteiger partial charge in [-0.05, 0) is 24.5 Å². The molecule has 0 bridgehead atoms. The zero-order valence-corrected chi connectivity index (χ0v) is 12.5. The summed E-state index contributed by atoms with van der Waals surface area (Å²) in [6, 6.07) is 6.30. The molecule has 0 heterocycles. The minimum atomic E-state index is -0.530. The molecule has 110 valence electrons. The molecule has 0 aliphatic heterocycles. The third-order valence-corrected chi connectivity index (χ3v) is 2.96. The molecular formula is C15H23N3O2. The summed E-state index contributed by atoms with van der Waals surface area (Å²) >= 11 is 0. The highest BCUT2D eigenvalue weighted by Gasteiger charge is 2.24. The first-order valence-corrected chi connectivity index (χ1v) is 6.69. The number of nitrogens with one attached hydrogen (secondary N) is 1. The SMILES string of the molecule is CC(C)CC(NC(=O)c1ccccc1N)C(=O)N(C)C. The van der Waals surface area contributed by atoms with Crippen LogP contribution in [0.3, 0.4) is 0 Å². The fraction of sp³-hybridized carbons (Fsp3) is 0.467. The Labute approximate surface area is 120 Å². The maximum Gasteiger partial charge on any atom is 0.254 e. The van der Waals surface area contributed by atoms with Gasteiger partial charge in [-0.15, -0.1) is 0 Å². The van der Waals surface area contributed by atoms with E-state index in [0.29, 0.717) is 23.6 Å². The predicted molar refractivity (Wildman–Crippen MR) is 80.3 cm³/mol. The van der Waals surface area contributed by atoms with Crippen LogP contribution < -0.4 is 11.1 Å². The molecular weight excluding hydrogens is 254 g/mol. The molecule has 1 rings (SSSR count). The Morgan fingerprint density at radius 1 is 1.25 bits per heavy atom. The van der Waals surface area contributed by atoms with Crippen LogP contribution in [0.1, 0.15) is 30.6 Å². The van der Waals surface area contributed by atoms with E-state index in [9.17, 15) is 9.59 Å². The normalized spacial score (nSPS) is 12.1. The number of rotatable bonds is 5. The van der Waals surface area contributed by atoms with Crippen molar-refractivity contribution >= 4 is 17.5 Å². The third kappa shape index (κ3) is 4.26. The van der Waals surface area contributed by atoms with E-state index in [-0.39, 0.29) is 11.8 Å². The van der Waals surface area contributed by atoms with E-state index in [1.165, 1.54) is 4.90 Å². The smallest absolute Gasteiger partial charge is 0.254 e. The molecule has 2 amide bonds. The first-order chi connectivity index (χ1) is 9.32. The van der Waals surface area contributed by atoms with Gasteiger partial charge in [0.2, 0.25) is 5.91 Å². The number of carbonyl (C=O) groups excluding carboxylic acids is 2. The summed E-state index contributed by atoms with van der Waals surface area (Å²) in [7, 11) is 3.36. The molecule has 1 aromatic rings. The number of carbonyl (C=O) groups is 2. The van der Waals surface area contributed by atoms with Crippen molar-refractivity contribution in [3.63, 3.8) is 0 Å². The maximum atomic E-state index is 12.2. The van der Waals surface area contributed by atoms with E-state index < -0.39 is 6.04 Å². The average molecular weight is 277 g/mol. The van der Waals surface area contributed by atoms with Gasteiger partial charge < -0.3 is 16.0 Å². The zero-order chi connectivity index (χ0) is 15.3. The number of amides is 2. The van der Waals surface area contributed by atoms with Crippen molar-refractivity contribution in [2.75, 3.05) is 19.8 Å². The van der Waals surface area contributed by atoms with Crippen LogP contribution in [0, 0.1) is 5.92 Å². The third-order valence-electron chi connectivity index (χ3n) is 2.96. The van der Waals surface area contributed by atoms with Crippen LogP contribution in [-0.4, -0.2) is 36.9 Å². The number of nitrogens with zero attached hydrogens (tertiary/aromatic N) is 1. The number of likely N-dealkylation sites (N-methyl/N-ethyl adjacent to an activating group) is 1. The summed E-state index contributed by atoms with van der Waals surface area (Å²) in [4.78, 5) is 25.8. The lowest BCUT2D eigenvalue weighted by Crippen LogP contribution is -2.47. The van der Waals surface area contributed by atoms with Gasteiger partial charge in [-0.25, -0.2) is 0 Å². The van der Waals surface area contributed by atoms with Crippen LogP contribution >= 0.6 is 0 Å². The first-order valence-electron chi connectivity index (χ1n) is 6.69. The van der Waals surface area contributed by atoms with Crippen molar-refractivity contribution < 1.29 is 9.59 Å². The molecule has 1 atom stereocenters. The molecule has 3 N–H and O–H groups in total. The summed E-state index contributed by atoms with van der Waals surface area (Å²) in [5.74, 6) is -0.122. The van der Waals surface area contributed by atoms with E-state index in [0.717, 1.165) is 0 Å². The number of hydrogen-bond donors (Lipinski definition) is 2. The fourth-order valence-electron chi connectivity index (χ4n) is 1.94. The molecule has 0 fully saturated rings. The highest BCUT2D eigenvalue weighted by Crippen LogP contribution is 2.12. The Morgan fingerprint density at radius 3 is 2.35 bits per heavy atom. The van der Waals surface area contributed by atoms with Crippen molar-refractivity contribution in [1.29, 1.82) is 0 Å². The van der Waals surface area contributed by atoms with E-state index >= 15 is 0 Å². The minimum absolute atomic E-state index is 0.110. The monoisotopic (exact) mass is 277 g/mol. The number of benzene rings is 1. The fourth-order valence-corrected chi connectivity index (χ4v) is 1.94. The zero-order valence-electron chi connectivity index (χ0n) is 12.5. The number of nitrogens with two attached hydrogens (primary N) is 1. The summed E-state index contributed by atoms with van der Waals surface area (Å²) in [5.41, 5.74) is 6.58. The second-order valence-corrected chi connectivity index (χ2v) is 5.48. The first kappa shape index (κ1) is 16.0. The minimum Gasteiger partial charge on any atom is -0.398 e. The van der Waals surface area contributed by atoms with Gasteiger partial charge in [-0.3, -0.25) is 9.59 Å². The van der Waals surface area contributed by atoms with Crippen molar-refractivity contribution in [3.8, 4) is 0 Å². The second-order valence-electron chi connectivity index (χ2n) is 5.48. The summed E-state index contributed by atoms with van der Waals surface area (Å²) in [6.07, 6.45) is 0.593. The van der Waals surface area contributed by atoms with Gasteiger partial charge in [-0.1, -0.05) is 26.0 Å². The molecule has 0 aliphatic rings. The highest BCUT2D eigenvalue weighted by atomic mass is 16.2. The van der Waals surface area contributed by atoms with Crippen LogP contribution in [0.2, 0.25) is 0 Å². The molecule has 0 aromatic heterocycles. The highest BCUT2D eigenvalue weighted by molar-refractivity contribution is 6.01. The van der Waals surface area contributed by atoms with Crippen molar-refractivity contribution in [2.24, 2.45) is 5.92 Å². The Balaban J connectivity index is 2.87. The quantitative estimate of drug-likeness (QED) is 0.801. The number of anilines is 1. The molecule has 1 aromatic carbocycles. The molecule has 0 radical (unpaired) electrons. The number of nitrogen functional groups attached to an aromatic ring is 1. The molecule has 5 heteroatoms. The molecule has 1 unspecified atom stereocenters. The summed E-state index contributed by atoms with van der Waals surface area (Å²) in [5, 5.41) is 2.78. The van der Waals surface area contributed by atoms with Crippen LogP contribution in [0.25, 0.3) is 0 Å². The summed E-state index contributed by atoms with van der Waals surface area (Å²) in [6.45, 7) is 4.03. The largest absolute Gasteiger partial charge is 0.398 e. The lowest BCUT2D eigenvalue weighted by Gasteiger charge is -2.23. The van der Waals surface area contributed by atoms with Gasteiger partial charge in [0.05, 0.1) is 5.56 Å². The van der Waals surface area contributed by atoms with Crippen molar-refractivity contribution in [1.82, 2.24) is 10.2 Å². The summed E-state index contributed by atoms with van der Waals surface area (Å²) < 4.78 is 0. The molecule has 0 aliphatic carbocycles. The Hall–Kier alpha value is -2.04. The standard InChI is InChI=1S/C15H23N3O2/c1-10(2)9-13(15(20)18(3)4)17-14(19)11-7-5-6-8-12(11)16/h5-8,10,13H,9,16H2,1-4H3,(H,17,19). The van der Waals surface area contributed by atoms with E-state index in [2.05, 4.69) is 5.32 Å². The Bertz CT molecular complexity index is 484. The van der Waals surface area contributed by atoms with Gasteiger partial charge in [0.15, 0.2) is 0 Å². The van der Waals surface area contributed by atoms with E-state index in [4.69, 9.17) is 5.73 Å². The van der Waals surface area contributed by atoms with Gasteiger partial charge in [0.1, 0.15) is 6.04 Å². The molecule has 0 saturated carbocycles. The lowest BCUT2D eigenvalue weighted by molar-refractivity contribution is -0.131. The molecule has 5 nitrogen and oxygen atoms in total. The van der Waals surface area contributed by atoms with E-state index in [1.807, 2.05) is 13.8 Å². The topological polar surface area (TPSA) is 75.4 Å². The predicted octanol–water partition coefficient (Wildman–Crippen LogP) is 1.50. The average Bonchev–Trinajstić information content (AvgIpc) is 2.36. The van der Waals surface area contributed by atoms with Crippen LogP contribution in [0.5, 0.6) is 0 Å². The maximum absolute atomic E-state index is 12.2. The van der Waals surface area contributed by atoms with Crippen LogP contribution in [0.15, 0.2) is 24.3 Å². The van der Waals surface area contributed by atoms with Gasteiger partial charge >= 0.3 is 0 Å². The molecule has 0 saturated heterocycles. The van der Waals surface area contributed by atoms with Crippen LogP contribution in [0.4, 0.5) is 5.69 Å². The molecule has 0 spiro atoms. The van der Waals surface area contributed by atoms with Gasteiger partial charge in [0.25, 0.3) is 5.91 Å². The number of para-hydroxylation sites is 1. The van der Waals surface area contributed by atoms with Gasteiger partial charge in [0, 0.05) is 19.8 Å². The lowest BCUT2D eigenvalue weighted by atomic mass is 10.0. The van der Waals surface area contributed by atoms with Crippen molar-refractivity contribution in [2.45, 2.75) is 26.3 Å². The Kier molecular flexibility index (Phi) is 5.55. The second kappa shape index (κ2) is 6.93. The number of hydrogen-bond acceptors (Lipinski definition) is 3. The molecule has 20 heavy (non-hydrogen) atoms. The van der Waals surface area contributed by atoms with Crippen molar-refractivity contribution in [3.05, 3.63) is 29.8 Å². The van der Waals surface area contributed by atoms with E-state index in [1.54, 1.807) is 38.4 Å².